The first kappa shape index (κ1) is 21.7. The van der Waals surface area contributed by atoms with Crippen molar-refractivity contribution in [1.29, 1.82) is 5.41 Å². The Bertz CT molecular complexity index is 1170. The monoisotopic (exact) mass is 445 g/mol. The van der Waals surface area contributed by atoms with E-state index in [2.05, 4.69) is 25.3 Å². The zero-order valence-electron chi connectivity index (χ0n) is 17.4. The van der Waals surface area contributed by atoms with E-state index in [9.17, 15) is 13.2 Å². The SMILES string of the molecule is CC1CN(c2cncc(-c3cnc4cnc(C(F)(F)F)cn34)n2)C(C)C(/C(C=N)=C/N)N1. The Morgan fingerprint density at radius 2 is 2.00 bits per heavy atom. The van der Waals surface area contributed by atoms with E-state index < -0.39 is 11.9 Å². The van der Waals surface area contributed by atoms with Gasteiger partial charge in [-0.3, -0.25) is 9.38 Å². The van der Waals surface area contributed by atoms with Crippen LogP contribution in [0, 0.1) is 5.41 Å². The number of anilines is 1. The molecule has 1 saturated heterocycles. The molecule has 9 nitrogen and oxygen atoms in total. The van der Waals surface area contributed by atoms with Crippen LogP contribution in [0.5, 0.6) is 0 Å². The van der Waals surface area contributed by atoms with Crippen molar-refractivity contribution < 1.29 is 13.2 Å². The molecule has 0 amide bonds. The third-order valence-corrected chi connectivity index (χ3v) is 5.49. The Labute approximate surface area is 181 Å². The number of nitrogens with two attached hydrogens (primary N) is 1. The molecular weight excluding hydrogens is 423 g/mol. The normalized spacial score (nSPS) is 22.3. The number of aromatic nitrogens is 5. The van der Waals surface area contributed by atoms with Gasteiger partial charge in [0.05, 0.1) is 36.5 Å². The number of alkyl halides is 3. The largest absolute Gasteiger partial charge is 0.434 e. The molecule has 1 fully saturated rings. The van der Waals surface area contributed by atoms with Crippen LogP contribution in [0.1, 0.15) is 19.5 Å². The fourth-order valence-electron chi connectivity index (χ4n) is 3.90. The summed E-state index contributed by atoms with van der Waals surface area (Å²) in [6.07, 6.45) is 4.57. The number of imidazole rings is 1. The highest BCUT2D eigenvalue weighted by atomic mass is 19.4. The molecule has 1 aliphatic heterocycles. The van der Waals surface area contributed by atoms with Crippen LogP contribution in [-0.4, -0.2) is 55.2 Å². The van der Waals surface area contributed by atoms with Crippen molar-refractivity contribution in [3.8, 4) is 11.4 Å². The van der Waals surface area contributed by atoms with Gasteiger partial charge in [0.1, 0.15) is 11.5 Å². The molecule has 4 heterocycles. The van der Waals surface area contributed by atoms with Crippen LogP contribution in [0.2, 0.25) is 0 Å². The molecule has 0 saturated carbocycles. The summed E-state index contributed by atoms with van der Waals surface area (Å²) in [6, 6.07) is -0.217. The van der Waals surface area contributed by atoms with Crippen LogP contribution >= 0.6 is 0 Å². The number of halogens is 3. The van der Waals surface area contributed by atoms with Crippen LogP contribution in [0.3, 0.4) is 0 Å². The van der Waals surface area contributed by atoms with E-state index in [0.717, 1.165) is 12.4 Å². The van der Waals surface area contributed by atoms with Crippen LogP contribution in [0.25, 0.3) is 17.0 Å². The van der Waals surface area contributed by atoms with Gasteiger partial charge >= 0.3 is 6.18 Å². The minimum Gasteiger partial charge on any atom is -0.404 e. The number of fused-ring (bicyclic) bond motifs is 1. The maximum Gasteiger partial charge on any atom is 0.434 e. The maximum atomic E-state index is 13.1. The quantitative estimate of drug-likeness (QED) is 0.527. The summed E-state index contributed by atoms with van der Waals surface area (Å²) in [6.45, 7) is 4.62. The first-order chi connectivity index (χ1) is 15.2. The maximum absolute atomic E-state index is 13.1. The second-order valence-corrected chi connectivity index (χ2v) is 7.65. The molecule has 1 aliphatic rings. The van der Waals surface area contributed by atoms with Gasteiger partial charge < -0.3 is 21.4 Å². The van der Waals surface area contributed by atoms with Crippen molar-refractivity contribution in [3.63, 3.8) is 0 Å². The van der Waals surface area contributed by atoms with Gasteiger partial charge in [-0.2, -0.15) is 13.2 Å². The van der Waals surface area contributed by atoms with Crippen LogP contribution in [0.15, 0.2) is 42.8 Å². The van der Waals surface area contributed by atoms with Crippen molar-refractivity contribution in [1.82, 2.24) is 29.7 Å². The summed E-state index contributed by atoms with van der Waals surface area (Å²) in [4.78, 5) is 18.6. The Balaban J connectivity index is 1.73. The second-order valence-electron chi connectivity index (χ2n) is 7.65. The third-order valence-electron chi connectivity index (χ3n) is 5.49. The summed E-state index contributed by atoms with van der Waals surface area (Å²) < 4.78 is 40.7. The number of nitrogens with one attached hydrogen (secondary N) is 2. The van der Waals surface area contributed by atoms with E-state index in [1.165, 1.54) is 29.2 Å². The van der Waals surface area contributed by atoms with Crippen molar-refractivity contribution >= 4 is 17.7 Å². The standard InChI is InChI=1S/C20H22F3N9/c1-11-9-31(12(2)19(29-11)13(3-24)4-25)18-7-26-5-14(30-18)15-6-28-17-8-27-16(10-32(15)17)20(21,22)23/h3-8,10-12,19,24,29H,9,25H2,1-2H3/b13-4+,24-3?. The highest BCUT2D eigenvalue weighted by Gasteiger charge is 2.35. The first-order valence-corrected chi connectivity index (χ1v) is 9.90. The first-order valence-electron chi connectivity index (χ1n) is 9.90. The average Bonchev–Trinajstić information content (AvgIpc) is 3.19. The molecule has 4 N–H and O–H groups in total. The summed E-state index contributed by atoms with van der Waals surface area (Å²) in [7, 11) is 0. The zero-order valence-corrected chi connectivity index (χ0v) is 17.4. The molecule has 3 atom stereocenters. The lowest BCUT2D eigenvalue weighted by molar-refractivity contribution is -0.141. The summed E-state index contributed by atoms with van der Waals surface area (Å²) in [5.74, 6) is 0.565. The van der Waals surface area contributed by atoms with Crippen molar-refractivity contribution in [2.75, 3.05) is 11.4 Å². The van der Waals surface area contributed by atoms with Gasteiger partial charge in [0.25, 0.3) is 0 Å². The van der Waals surface area contributed by atoms with Crippen LogP contribution < -0.4 is 16.0 Å². The number of hydrogen-bond acceptors (Lipinski definition) is 8. The van der Waals surface area contributed by atoms with Gasteiger partial charge in [0.15, 0.2) is 11.3 Å². The Morgan fingerprint density at radius 3 is 2.69 bits per heavy atom. The van der Waals surface area contributed by atoms with Gasteiger partial charge in [0.2, 0.25) is 0 Å². The van der Waals surface area contributed by atoms with E-state index in [-0.39, 0.29) is 23.8 Å². The lowest BCUT2D eigenvalue weighted by Gasteiger charge is -2.44. The van der Waals surface area contributed by atoms with Crippen LogP contribution in [0.4, 0.5) is 19.0 Å². The predicted octanol–water partition coefficient (Wildman–Crippen LogP) is 2.25. The molecule has 12 heteroatoms. The van der Waals surface area contributed by atoms with Crippen molar-refractivity contribution in [3.05, 3.63) is 48.5 Å². The van der Waals surface area contributed by atoms with E-state index in [4.69, 9.17) is 11.1 Å². The Morgan fingerprint density at radius 1 is 1.22 bits per heavy atom. The molecule has 4 rings (SSSR count). The molecule has 168 valence electrons. The molecule has 0 radical (unpaired) electrons. The van der Waals surface area contributed by atoms with E-state index in [1.807, 2.05) is 18.7 Å². The zero-order chi connectivity index (χ0) is 23.0. The van der Waals surface area contributed by atoms with Gasteiger partial charge in [-0.1, -0.05) is 0 Å². The molecule has 0 spiro atoms. The number of nitrogens with zero attached hydrogens (tertiary/aromatic N) is 6. The molecule has 3 aromatic rings. The number of hydrogen-bond donors (Lipinski definition) is 3. The fourth-order valence-corrected chi connectivity index (χ4v) is 3.90. The average molecular weight is 445 g/mol. The van der Waals surface area contributed by atoms with E-state index in [1.54, 1.807) is 6.20 Å². The molecule has 3 aromatic heterocycles. The summed E-state index contributed by atoms with van der Waals surface area (Å²) >= 11 is 0. The highest BCUT2D eigenvalue weighted by Crippen LogP contribution is 2.29. The fraction of sp³-hybridized carbons (Fsp3) is 0.350. The highest BCUT2D eigenvalue weighted by molar-refractivity contribution is 5.78. The number of rotatable bonds is 4. The van der Waals surface area contributed by atoms with Gasteiger partial charge in [0, 0.05) is 42.8 Å². The lowest BCUT2D eigenvalue weighted by Crippen LogP contribution is -2.61. The Kier molecular flexibility index (Phi) is 5.55. The van der Waals surface area contributed by atoms with Gasteiger partial charge in [-0.15, -0.1) is 0 Å². The van der Waals surface area contributed by atoms with Crippen molar-refractivity contribution in [2.45, 2.75) is 38.1 Å². The van der Waals surface area contributed by atoms with Crippen molar-refractivity contribution in [2.24, 2.45) is 5.73 Å². The number of piperazine rings is 1. The minimum absolute atomic E-state index is 0.0766. The van der Waals surface area contributed by atoms with E-state index in [0.29, 0.717) is 29.3 Å². The molecule has 0 aromatic carbocycles. The lowest BCUT2D eigenvalue weighted by atomic mass is 9.96. The molecule has 0 aliphatic carbocycles. The smallest absolute Gasteiger partial charge is 0.404 e. The third kappa shape index (κ3) is 3.88. The second kappa shape index (κ2) is 8.19. The van der Waals surface area contributed by atoms with E-state index >= 15 is 0 Å². The summed E-state index contributed by atoms with van der Waals surface area (Å²) in [5, 5.41) is 11.1. The molecular formula is C20H22F3N9. The molecule has 0 bridgehead atoms. The molecule has 3 unspecified atom stereocenters. The minimum atomic E-state index is -4.58. The summed E-state index contributed by atoms with van der Waals surface area (Å²) in [5.41, 5.74) is 6.34. The predicted molar refractivity (Wildman–Crippen MR) is 113 cm³/mol. The van der Waals surface area contributed by atoms with Gasteiger partial charge in [-0.25, -0.2) is 15.0 Å². The van der Waals surface area contributed by atoms with Crippen LogP contribution in [-0.2, 0) is 6.18 Å². The molecule has 32 heavy (non-hydrogen) atoms. The van der Waals surface area contributed by atoms with Gasteiger partial charge in [-0.05, 0) is 13.8 Å². The Hall–Kier alpha value is -3.54. The topological polar surface area (TPSA) is 121 Å².